The fraction of sp³-hybridized carbons (Fsp3) is 0.615. The summed E-state index contributed by atoms with van der Waals surface area (Å²) in [7, 11) is 1.99. The Labute approximate surface area is 103 Å². The Morgan fingerprint density at radius 2 is 2.19 bits per heavy atom. The number of nitrogens with zero attached hydrogens (tertiary/aromatic N) is 1. The van der Waals surface area contributed by atoms with E-state index in [4.69, 9.17) is 11.6 Å². The lowest BCUT2D eigenvalue weighted by Gasteiger charge is -2.19. The molecule has 1 aromatic rings. The second kappa shape index (κ2) is 6.87. The third-order valence-corrected chi connectivity index (χ3v) is 3.10. The Balaban J connectivity index is 2.63. The van der Waals surface area contributed by atoms with Crippen LogP contribution < -0.4 is 5.32 Å². The van der Waals surface area contributed by atoms with E-state index in [0.717, 1.165) is 18.0 Å². The first-order valence-electron chi connectivity index (χ1n) is 5.96. The zero-order chi connectivity index (χ0) is 12.0. The van der Waals surface area contributed by atoms with Crippen LogP contribution in [-0.2, 0) is 0 Å². The predicted molar refractivity (Wildman–Crippen MR) is 69.7 cm³/mol. The summed E-state index contributed by atoms with van der Waals surface area (Å²) in [5, 5.41) is 4.02. The van der Waals surface area contributed by atoms with Crippen LogP contribution in [0.3, 0.4) is 0 Å². The van der Waals surface area contributed by atoms with Gasteiger partial charge >= 0.3 is 0 Å². The molecule has 2 unspecified atom stereocenters. The van der Waals surface area contributed by atoms with Gasteiger partial charge in [0.25, 0.3) is 0 Å². The molecule has 3 heteroatoms. The number of hydrogen-bond acceptors (Lipinski definition) is 2. The summed E-state index contributed by atoms with van der Waals surface area (Å²) in [6.45, 7) is 4.52. The highest BCUT2D eigenvalue weighted by Crippen LogP contribution is 2.22. The third kappa shape index (κ3) is 4.11. The molecule has 1 N–H and O–H groups in total. The van der Waals surface area contributed by atoms with Crippen molar-refractivity contribution >= 4 is 11.6 Å². The van der Waals surface area contributed by atoms with Crippen LogP contribution in [0.2, 0.25) is 5.02 Å². The van der Waals surface area contributed by atoms with Crippen LogP contribution in [0.4, 0.5) is 0 Å². The monoisotopic (exact) mass is 240 g/mol. The van der Waals surface area contributed by atoms with E-state index in [-0.39, 0.29) is 0 Å². The van der Waals surface area contributed by atoms with Gasteiger partial charge in [0, 0.05) is 12.2 Å². The minimum atomic E-state index is 0.332. The third-order valence-electron chi connectivity index (χ3n) is 2.88. The molecule has 0 bridgehead atoms. The summed E-state index contributed by atoms with van der Waals surface area (Å²) >= 11 is 5.83. The van der Waals surface area contributed by atoms with Crippen molar-refractivity contribution in [1.82, 2.24) is 10.3 Å². The second-order valence-electron chi connectivity index (χ2n) is 4.37. The molecule has 0 aromatic carbocycles. The summed E-state index contributed by atoms with van der Waals surface area (Å²) in [5.41, 5.74) is 1.08. The van der Waals surface area contributed by atoms with Crippen LogP contribution in [0.25, 0.3) is 0 Å². The van der Waals surface area contributed by atoms with Gasteiger partial charge < -0.3 is 5.32 Å². The molecule has 1 heterocycles. The highest BCUT2D eigenvalue weighted by molar-refractivity contribution is 6.30. The molecular formula is C13H21ClN2. The Morgan fingerprint density at radius 3 is 2.69 bits per heavy atom. The van der Waals surface area contributed by atoms with Gasteiger partial charge in [0.15, 0.2) is 0 Å². The molecule has 0 saturated carbocycles. The molecular weight excluding hydrogens is 220 g/mol. The van der Waals surface area contributed by atoms with Crippen LogP contribution >= 0.6 is 11.6 Å². The normalized spacial score (nSPS) is 14.8. The number of rotatable bonds is 6. The molecule has 1 aromatic heterocycles. The average Bonchev–Trinajstić information content (AvgIpc) is 2.27. The van der Waals surface area contributed by atoms with Crippen LogP contribution in [0.1, 0.15) is 44.8 Å². The molecule has 0 saturated heterocycles. The molecule has 0 amide bonds. The van der Waals surface area contributed by atoms with Crippen LogP contribution in [0.15, 0.2) is 18.3 Å². The van der Waals surface area contributed by atoms with Gasteiger partial charge in [0.05, 0.1) is 10.7 Å². The molecule has 0 radical (unpaired) electrons. The van der Waals surface area contributed by atoms with Crippen LogP contribution in [0.5, 0.6) is 0 Å². The number of nitrogens with one attached hydrogen (secondary N) is 1. The predicted octanol–water partition coefficient (Wildman–Crippen LogP) is 3.82. The number of pyridine rings is 1. The standard InChI is InChI=1S/C13H21ClN2/c1-4-5-10(2)8-13(15-3)12-7-6-11(14)9-16-12/h6-7,9-10,13,15H,4-5,8H2,1-3H3. The fourth-order valence-corrected chi connectivity index (χ4v) is 2.10. The van der Waals surface area contributed by atoms with Crippen molar-refractivity contribution in [3.05, 3.63) is 29.0 Å². The Kier molecular flexibility index (Phi) is 5.78. The maximum absolute atomic E-state index is 5.83. The van der Waals surface area contributed by atoms with Crippen LogP contribution in [0, 0.1) is 5.92 Å². The lowest BCUT2D eigenvalue weighted by molar-refractivity contribution is 0.401. The first-order chi connectivity index (χ1) is 7.67. The number of halogens is 1. The first-order valence-corrected chi connectivity index (χ1v) is 6.33. The summed E-state index contributed by atoms with van der Waals surface area (Å²) in [6.07, 6.45) is 5.35. The van der Waals surface area contributed by atoms with Crippen molar-refractivity contribution in [2.24, 2.45) is 5.92 Å². The van der Waals surface area contributed by atoms with Gasteiger partial charge in [-0.05, 0) is 31.5 Å². The van der Waals surface area contributed by atoms with E-state index in [2.05, 4.69) is 24.1 Å². The maximum Gasteiger partial charge on any atom is 0.0589 e. The summed E-state index contributed by atoms with van der Waals surface area (Å²) in [4.78, 5) is 4.37. The minimum absolute atomic E-state index is 0.332. The SMILES string of the molecule is CCCC(C)CC(NC)c1ccc(Cl)cn1. The van der Waals surface area contributed by atoms with Crippen molar-refractivity contribution < 1.29 is 0 Å². The Morgan fingerprint density at radius 1 is 1.44 bits per heavy atom. The lowest BCUT2D eigenvalue weighted by Crippen LogP contribution is -2.20. The molecule has 1 rings (SSSR count). The minimum Gasteiger partial charge on any atom is -0.312 e. The van der Waals surface area contributed by atoms with Gasteiger partial charge in [-0.15, -0.1) is 0 Å². The van der Waals surface area contributed by atoms with E-state index in [1.165, 1.54) is 12.8 Å². The highest BCUT2D eigenvalue weighted by atomic mass is 35.5. The van der Waals surface area contributed by atoms with Crippen molar-refractivity contribution in [2.75, 3.05) is 7.05 Å². The largest absolute Gasteiger partial charge is 0.312 e. The summed E-state index contributed by atoms with van der Waals surface area (Å²) in [6, 6.07) is 4.24. The molecule has 0 aliphatic carbocycles. The molecule has 0 spiro atoms. The topological polar surface area (TPSA) is 24.9 Å². The second-order valence-corrected chi connectivity index (χ2v) is 4.81. The summed E-state index contributed by atoms with van der Waals surface area (Å²) in [5.74, 6) is 0.722. The van der Waals surface area contributed by atoms with E-state index in [0.29, 0.717) is 11.1 Å². The Bertz CT molecular complexity index is 297. The zero-order valence-corrected chi connectivity index (χ0v) is 11.1. The van der Waals surface area contributed by atoms with Gasteiger partial charge in [-0.2, -0.15) is 0 Å². The summed E-state index contributed by atoms with van der Waals surface area (Å²) < 4.78 is 0. The quantitative estimate of drug-likeness (QED) is 0.818. The maximum atomic E-state index is 5.83. The van der Waals surface area contributed by atoms with Crippen molar-refractivity contribution in [3.8, 4) is 0 Å². The zero-order valence-electron chi connectivity index (χ0n) is 10.3. The number of aromatic nitrogens is 1. The molecule has 0 aliphatic rings. The molecule has 90 valence electrons. The fourth-order valence-electron chi connectivity index (χ4n) is 1.99. The van der Waals surface area contributed by atoms with Crippen molar-refractivity contribution in [3.63, 3.8) is 0 Å². The van der Waals surface area contributed by atoms with E-state index >= 15 is 0 Å². The van der Waals surface area contributed by atoms with Gasteiger partial charge in [0.1, 0.15) is 0 Å². The smallest absolute Gasteiger partial charge is 0.0589 e. The molecule has 2 nitrogen and oxygen atoms in total. The molecule has 16 heavy (non-hydrogen) atoms. The van der Waals surface area contributed by atoms with Gasteiger partial charge in [-0.25, -0.2) is 0 Å². The van der Waals surface area contributed by atoms with E-state index in [1.807, 2.05) is 19.2 Å². The molecule has 0 fully saturated rings. The lowest BCUT2D eigenvalue weighted by atomic mass is 9.95. The van der Waals surface area contributed by atoms with Crippen LogP contribution in [-0.4, -0.2) is 12.0 Å². The van der Waals surface area contributed by atoms with Crippen molar-refractivity contribution in [1.29, 1.82) is 0 Å². The van der Waals surface area contributed by atoms with Crippen molar-refractivity contribution in [2.45, 2.75) is 39.2 Å². The van der Waals surface area contributed by atoms with E-state index in [1.54, 1.807) is 6.20 Å². The van der Waals surface area contributed by atoms with E-state index < -0.39 is 0 Å². The molecule has 2 atom stereocenters. The van der Waals surface area contributed by atoms with Gasteiger partial charge in [-0.3, -0.25) is 4.98 Å². The molecule has 0 aliphatic heterocycles. The van der Waals surface area contributed by atoms with E-state index in [9.17, 15) is 0 Å². The van der Waals surface area contributed by atoms with Gasteiger partial charge in [0.2, 0.25) is 0 Å². The number of hydrogen-bond donors (Lipinski definition) is 1. The van der Waals surface area contributed by atoms with Gasteiger partial charge in [-0.1, -0.05) is 38.3 Å². The first kappa shape index (κ1) is 13.5. The highest BCUT2D eigenvalue weighted by Gasteiger charge is 2.14. The average molecular weight is 241 g/mol. The Hall–Kier alpha value is -0.600.